The van der Waals surface area contributed by atoms with Gasteiger partial charge in [0.2, 0.25) is 0 Å². The summed E-state index contributed by atoms with van der Waals surface area (Å²) in [5.41, 5.74) is 0.715. The van der Waals surface area contributed by atoms with Gasteiger partial charge in [0.1, 0.15) is 5.82 Å². The number of rotatable bonds is 0. The van der Waals surface area contributed by atoms with Gasteiger partial charge in [-0.3, -0.25) is 4.79 Å². The van der Waals surface area contributed by atoms with Crippen LogP contribution in [0.2, 0.25) is 0 Å². The molecule has 1 N–H and O–H groups in total. The highest BCUT2D eigenvalue weighted by Crippen LogP contribution is 2.07. The van der Waals surface area contributed by atoms with Crippen molar-refractivity contribution in [2.75, 3.05) is 0 Å². The Bertz CT molecular complexity index is 479. The lowest BCUT2D eigenvalue weighted by Crippen LogP contribution is -2.04. The highest BCUT2D eigenvalue weighted by molar-refractivity contribution is 5.73. The molecule has 0 atom stereocenters. The molecule has 0 aliphatic heterocycles. The largest absolute Gasteiger partial charge is 0.319 e. The molecule has 0 spiro atoms. The molecule has 74 valence electrons. The van der Waals surface area contributed by atoms with Gasteiger partial charge in [0.05, 0.1) is 17.2 Å². The average Bonchev–Trinajstić information content (AvgIpc) is 2.21. The fourth-order valence-corrected chi connectivity index (χ4v) is 1.01. The van der Waals surface area contributed by atoms with Crippen LogP contribution < -0.4 is 5.56 Å². The summed E-state index contributed by atoms with van der Waals surface area (Å²) in [6.07, 6.45) is 1.13. The first-order valence-corrected chi connectivity index (χ1v) is 4.40. The van der Waals surface area contributed by atoms with Gasteiger partial charge in [-0.2, -0.15) is 0 Å². The standard InChI is InChI=1S/C8H5FN2O.C2H6/c9-5-1-2-6-7(3-5)10-4-8(12)11-6;1-2/h1-4H,(H,11,12);1-2H3. The van der Waals surface area contributed by atoms with E-state index in [0.29, 0.717) is 11.0 Å². The molecule has 0 unspecified atom stereocenters. The van der Waals surface area contributed by atoms with Crippen molar-refractivity contribution < 1.29 is 4.39 Å². The predicted octanol–water partition coefficient (Wildman–Crippen LogP) is 2.09. The van der Waals surface area contributed by atoms with Crippen LogP contribution in [0.15, 0.2) is 29.2 Å². The first-order valence-electron chi connectivity index (χ1n) is 4.40. The van der Waals surface area contributed by atoms with E-state index in [0.717, 1.165) is 6.20 Å². The van der Waals surface area contributed by atoms with E-state index in [1.165, 1.54) is 18.2 Å². The fourth-order valence-electron chi connectivity index (χ4n) is 1.01. The third-order valence-corrected chi connectivity index (χ3v) is 1.54. The van der Waals surface area contributed by atoms with E-state index in [2.05, 4.69) is 9.97 Å². The van der Waals surface area contributed by atoms with Crippen LogP contribution in [0.5, 0.6) is 0 Å². The molecule has 0 saturated carbocycles. The summed E-state index contributed by atoms with van der Waals surface area (Å²) >= 11 is 0. The molecular weight excluding hydrogens is 183 g/mol. The average molecular weight is 194 g/mol. The van der Waals surface area contributed by atoms with E-state index in [1.807, 2.05) is 13.8 Å². The molecule has 1 aromatic heterocycles. The normalized spacial score (nSPS) is 9.36. The molecule has 0 radical (unpaired) electrons. The number of benzene rings is 1. The fraction of sp³-hybridized carbons (Fsp3) is 0.200. The number of hydrogen-bond donors (Lipinski definition) is 1. The van der Waals surface area contributed by atoms with E-state index in [4.69, 9.17) is 0 Å². The minimum absolute atomic E-state index is 0.283. The summed E-state index contributed by atoms with van der Waals surface area (Å²) in [7, 11) is 0. The van der Waals surface area contributed by atoms with Gasteiger partial charge >= 0.3 is 0 Å². The van der Waals surface area contributed by atoms with Crippen LogP contribution >= 0.6 is 0 Å². The Morgan fingerprint density at radius 3 is 2.79 bits per heavy atom. The maximum Gasteiger partial charge on any atom is 0.266 e. The van der Waals surface area contributed by atoms with E-state index >= 15 is 0 Å². The lowest BCUT2D eigenvalue weighted by Gasteiger charge is -1.94. The van der Waals surface area contributed by atoms with E-state index in [-0.39, 0.29) is 11.4 Å². The van der Waals surface area contributed by atoms with Gasteiger partial charge in [0, 0.05) is 6.07 Å². The smallest absolute Gasteiger partial charge is 0.266 e. The van der Waals surface area contributed by atoms with Crippen LogP contribution in [-0.2, 0) is 0 Å². The summed E-state index contributed by atoms with van der Waals surface area (Å²) in [4.78, 5) is 17.0. The molecule has 2 aromatic rings. The van der Waals surface area contributed by atoms with Crippen molar-refractivity contribution >= 4 is 11.0 Å². The van der Waals surface area contributed by atoms with Crippen LogP contribution in [-0.4, -0.2) is 9.97 Å². The number of fused-ring (bicyclic) bond motifs is 1. The van der Waals surface area contributed by atoms with Crippen LogP contribution in [0.3, 0.4) is 0 Å². The summed E-state index contributed by atoms with van der Waals surface area (Å²) in [5.74, 6) is -0.359. The lowest BCUT2D eigenvalue weighted by molar-refractivity contribution is 0.629. The van der Waals surface area contributed by atoms with E-state index in [9.17, 15) is 9.18 Å². The van der Waals surface area contributed by atoms with Gasteiger partial charge in [-0.25, -0.2) is 9.37 Å². The molecule has 0 amide bonds. The first kappa shape index (κ1) is 10.4. The number of aromatic amines is 1. The molecule has 0 bridgehead atoms. The molecule has 0 aliphatic carbocycles. The zero-order valence-electron chi connectivity index (χ0n) is 8.04. The van der Waals surface area contributed by atoms with Gasteiger partial charge < -0.3 is 4.98 Å². The van der Waals surface area contributed by atoms with Crippen molar-refractivity contribution in [2.24, 2.45) is 0 Å². The molecule has 1 heterocycles. The molecule has 0 saturated heterocycles. The third-order valence-electron chi connectivity index (χ3n) is 1.54. The Kier molecular flexibility index (Phi) is 3.34. The van der Waals surface area contributed by atoms with Crippen molar-refractivity contribution in [1.29, 1.82) is 0 Å². The lowest BCUT2D eigenvalue weighted by atomic mass is 10.3. The SMILES string of the molecule is CC.O=c1cnc2cc(F)ccc2[nH]1. The number of nitrogens with zero attached hydrogens (tertiary/aromatic N) is 1. The summed E-state index contributed by atoms with van der Waals surface area (Å²) in [5, 5.41) is 0. The molecule has 2 rings (SSSR count). The Morgan fingerprint density at radius 2 is 2.07 bits per heavy atom. The van der Waals surface area contributed by atoms with Gasteiger partial charge in [0.25, 0.3) is 5.56 Å². The van der Waals surface area contributed by atoms with Crippen LogP contribution in [0.4, 0.5) is 4.39 Å². The summed E-state index contributed by atoms with van der Waals surface area (Å²) in [6, 6.07) is 4.03. The zero-order valence-corrected chi connectivity index (χ0v) is 8.04. The zero-order chi connectivity index (χ0) is 10.6. The highest BCUT2D eigenvalue weighted by atomic mass is 19.1. The number of nitrogens with one attached hydrogen (secondary N) is 1. The van der Waals surface area contributed by atoms with Gasteiger partial charge in [0.15, 0.2) is 0 Å². The molecule has 4 heteroatoms. The van der Waals surface area contributed by atoms with Gasteiger partial charge in [-0.05, 0) is 12.1 Å². The van der Waals surface area contributed by atoms with Crippen molar-refractivity contribution in [1.82, 2.24) is 9.97 Å². The molecule has 1 aromatic carbocycles. The Morgan fingerprint density at radius 1 is 1.36 bits per heavy atom. The molecular formula is C10H11FN2O. The van der Waals surface area contributed by atoms with Crippen LogP contribution in [0, 0.1) is 5.82 Å². The van der Waals surface area contributed by atoms with E-state index < -0.39 is 0 Å². The van der Waals surface area contributed by atoms with Crippen LogP contribution in [0.25, 0.3) is 11.0 Å². The second-order valence-corrected chi connectivity index (χ2v) is 2.41. The summed E-state index contributed by atoms with van der Waals surface area (Å²) in [6.45, 7) is 4.00. The number of aromatic nitrogens is 2. The third kappa shape index (κ3) is 2.16. The predicted molar refractivity (Wildman–Crippen MR) is 53.7 cm³/mol. The first-order chi connectivity index (χ1) is 6.75. The molecule has 14 heavy (non-hydrogen) atoms. The van der Waals surface area contributed by atoms with Crippen molar-refractivity contribution in [3.05, 3.63) is 40.6 Å². The number of H-pyrrole nitrogens is 1. The minimum atomic E-state index is -0.359. The second kappa shape index (κ2) is 4.50. The van der Waals surface area contributed by atoms with Crippen LogP contribution in [0.1, 0.15) is 13.8 Å². The van der Waals surface area contributed by atoms with Crippen molar-refractivity contribution in [3.8, 4) is 0 Å². The Hall–Kier alpha value is -1.71. The van der Waals surface area contributed by atoms with Gasteiger partial charge in [-0.1, -0.05) is 13.8 Å². The number of halogens is 1. The maximum absolute atomic E-state index is 12.6. The molecule has 0 fully saturated rings. The second-order valence-electron chi connectivity index (χ2n) is 2.41. The Balaban J connectivity index is 0.000000461. The topological polar surface area (TPSA) is 45.8 Å². The van der Waals surface area contributed by atoms with Gasteiger partial charge in [-0.15, -0.1) is 0 Å². The minimum Gasteiger partial charge on any atom is -0.319 e. The quantitative estimate of drug-likeness (QED) is 0.698. The monoisotopic (exact) mass is 194 g/mol. The maximum atomic E-state index is 12.6. The molecule has 0 aliphatic rings. The van der Waals surface area contributed by atoms with Crippen molar-refractivity contribution in [2.45, 2.75) is 13.8 Å². The van der Waals surface area contributed by atoms with E-state index in [1.54, 1.807) is 0 Å². The Labute approximate surface area is 80.6 Å². The number of hydrogen-bond acceptors (Lipinski definition) is 2. The van der Waals surface area contributed by atoms with Crippen molar-refractivity contribution in [3.63, 3.8) is 0 Å². The highest BCUT2D eigenvalue weighted by Gasteiger charge is 1.96. The summed E-state index contributed by atoms with van der Waals surface area (Å²) < 4.78 is 12.6. The molecule has 3 nitrogen and oxygen atoms in total.